The predicted molar refractivity (Wildman–Crippen MR) is 117 cm³/mol. The van der Waals surface area contributed by atoms with Gasteiger partial charge in [-0.3, -0.25) is 9.59 Å². The Labute approximate surface area is 180 Å². The Balaban J connectivity index is 1.51. The van der Waals surface area contributed by atoms with Gasteiger partial charge in [-0.05, 0) is 93.2 Å². The van der Waals surface area contributed by atoms with Crippen LogP contribution in [0.3, 0.4) is 0 Å². The molecular formula is C26H36FNO2. The third kappa shape index (κ3) is 3.50. The van der Waals surface area contributed by atoms with Gasteiger partial charge in [0.15, 0.2) is 0 Å². The maximum absolute atomic E-state index is 14.4. The van der Waals surface area contributed by atoms with Crippen molar-refractivity contribution in [2.24, 2.45) is 23.2 Å². The van der Waals surface area contributed by atoms with E-state index in [0.29, 0.717) is 42.3 Å². The number of benzene rings is 1. The summed E-state index contributed by atoms with van der Waals surface area (Å²) in [5, 5.41) is 0. The number of carbonyl (C=O) groups excluding carboxylic acids is 2. The topological polar surface area (TPSA) is 37.4 Å². The molecule has 1 aromatic rings. The van der Waals surface area contributed by atoms with E-state index in [9.17, 15) is 14.0 Å². The molecule has 0 radical (unpaired) electrons. The first-order chi connectivity index (χ1) is 14.4. The van der Waals surface area contributed by atoms with Crippen molar-refractivity contribution in [3.8, 4) is 0 Å². The second kappa shape index (κ2) is 8.43. The summed E-state index contributed by atoms with van der Waals surface area (Å²) in [6.45, 7) is 7.76. The summed E-state index contributed by atoms with van der Waals surface area (Å²) in [5.41, 5.74) is 1.88. The van der Waals surface area contributed by atoms with Crippen molar-refractivity contribution in [1.29, 1.82) is 0 Å². The van der Waals surface area contributed by atoms with Crippen molar-refractivity contribution in [3.05, 3.63) is 35.1 Å². The largest absolute Gasteiger partial charge is 0.343 e. The number of rotatable bonds is 6. The second-order valence-electron chi connectivity index (χ2n) is 9.94. The van der Waals surface area contributed by atoms with E-state index in [1.165, 1.54) is 5.56 Å². The standard InChI is InChI=1S/C26H36FNO2/c1-4-28(5-2)24(30)11-6-8-17-16-23(29)26(3)15-14-19-18-9-7-10-22(27)20(18)12-13-21(19)25(17)26/h7,9-10,17,19,21,25H,4-6,8,11-16H2,1-3H3/t17-,19?,21?,25?,26-/m1/s1. The Morgan fingerprint density at radius 1 is 1.23 bits per heavy atom. The summed E-state index contributed by atoms with van der Waals surface area (Å²) in [6.07, 6.45) is 6.76. The smallest absolute Gasteiger partial charge is 0.222 e. The van der Waals surface area contributed by atoms with Gasteiger partial charge >= 0.3 is 0 Å². The van der Waals surface area contributed by atoms with Crippen LogP contribution in [-0.4, -0.2) is 29.7 Å². The normalized spacial score (nSPS) is 32.3. The van der Waals surface area contributed by atoms with E-state index >= 15 is 0 Å². The van der Waals surface area contributed by atoms with Crippen molar-refractivity contribution in [1.82, 2.24) is 4.90 Å². The first-order valence-corrected chi connectivity index (χ1v) is 12.0. The number of hydrogen-bond donors (Lipinski definition) is 0. The van der Waals surface area contributed by atoms with Gasteiger partial charge in [-0.1, -0.05) is 19.1 Å². The van der Waals surface area contributed by atoms with E-state index in [1.807, 2.05) is 24.8 Å². The zero-order valence-electron chi connectivity index (χ0n) is 18.8. The van der Waals surface area contributed by atoms with E-state index in [4.69, 9.17) is 0 Å². The van der Waals surface area contributed by atoms with Gasteiger partial charge < -0.3 is 4.90 Å². The zero-order chi connectivity index (χ0) is 21.5. The lowest BCUT2D eigenvalue weighted by Crippen LogP contribution is -2.44. The van der Waals surface area contributed by atoms with E-state index in [-0.39, 0.29) is 17.1 Å². The third-order valence-electron chi connectivity index (χ3n) is 8.64. The fraction of sp³-hybridized carbons (Fsp3) is 0.692. The number of carbonyl (C=O) groups is 2. The Kier molecular flexibility index (Phi) is 6.05. The summed E-state index contributed by atoms with van der Waals surface area (Å²) < 4.78 is 14.4. The van der Waals surface area contributed by atoms with Gasteiger partial charge in [0.25, 0.3) is 0 Å². The maximum atomic E-state index is 14.4. The Morgan fingerprint density at radius 3 is 2.73 bits per heavy atom. The maximum Gasteiger partial charge on any atom is 0.222 e. The van der Waals surface area contributed by atoms with Crippen LogP contribution in [0, 0.1) is 29.0 Å². The molecular weight excluding hydrogens is 377 g/mol. The second-order valence-corrected chi connectivity index (χ2v) is 9.94. The fourth-order valence-electron chi connectivity index (χ4n) is 7.15. The van der Waals surface area contributed by atoms with E-state index in [1.54, 1.807) is 6.07 Å². The van der Waals surface area contributed by atoms with Crippen molar-refractivity contribution < 1.29 is 14.0 Å². The highest BCUT2D eigenvalue weighted by Gasteiger charge is 2.58. The van der Waals surface area contributed by atoms with Crippen LogP contribution < -0.4 is 0 Å². The minimum atomic E-state index is -0.223. The molecule has 3 nitrogen and oxygen atoms in total. The number of hydrogen-bond acceptors (Lipinski definition) is 2. The zero-order valence-corrected chi connectivity index (χ0v) is 18.8. The molecule has 30 heavy (non-hydrogen) atoms. The average molecular weight is 414 g/mol. The summed E-state index contributed by atoms with van der Waals surface area (Å²) in [5.74, 6) is 2.19. The van der Waals surface area contributed by atoms with Gasteiger partial charge in [0.1, 0.15) is 11.6 Å². The minimum absolute atomic E-state index is 0.0618. The molecule has 0 saturated heterocycles. The molecule has 0 aromatic heterocycles. The van der Waals surface area contributed by atoms with Gasteiger partial charge in [-0.15, -0.1) is 0 Å². The fourth-order valence-corrected chi connectivity index (χ4v) is 7.15. The molecule has 3 aliphatic rings. The SMILES string of the molecule is CCN(CC)C(=O)CCC[C@@H]1CC(=O)[C@@]2(C)CCC3c4cccc(F)c4CCC3C12. The predicted octanol–water partition coefficient (Wildman–Crippen LogP) is 5.52. The molecule has 0 aliphatic heterocycles. The summed E-state index contributed by atoms with van der Waals surface area (Å²) >= 11 is 0. The average Bonchev–Trinajstić information content (AvgIpc) is 2.99. The molecule has 0 spiro atoms. The van der Waals surface area contributed by atoms with Crippen LogP contribution in [0.4, 0.5) is 4.39 Å². The highest BCUT2D eigenvalue weighted by molar-refractivity contribution is 5.87. The lowest BCUT2D eigenvalue weighted by Gasteiger charge is -2.50. The van der Waals surface area contributed by atoms with Crippen molar-refractivity contribution in [2.75, 3.05) is 13.1 Å². The van der Waals surface area contributed by atoms with Crippen LogP contribution in [0.15, 0.2) is 18.2 Å². The molecule has 0 N–H and O–H groups in total. The quantitative estimate of drug-likeness (QED) is 0.616. The number of halogens is 1. The van der Waals surface area contributed by atoms with E-state index in [0.717, 1.165) is 57.2 Å². The first-order valence-electron chi connectivity index (χ1n) is 12.0. The molecule has 3 aliphatic carbocycles. The van der Waals surface area contributed by atoms with Crippen molar-refractivity contribution in [2.45, 2.75) is 78.1 Å². The van der Waals surface area contributed by atoms with Crippen LogP contribution in [0.25, 0.3) is 0 Å². The molecule has 2 fully saturated rings. The van der Waals surface area contributed by atoms with Gasteiger partial charge in [0.05, 0.1) is 0 Å². The molecule has 5 atom stereocenters. The highest BCUT2D eigenvalue weighted by atomic mass is 19.1. The Hall–Kier alpha value is -1.71. The molecule has 0 bridgehead atoms. The minimum Gasteiger partial charge on any atom is -0.343 e. The Bertz CT molecular complexity index is 817. The monoisotopic (exact) mass is 413 g/mol. The molecule has 3 unspecified atom stereocenters. The first kappa shape index (κ1) is 21.5. The number of fused-ring (bicyclic) bond motifs is 5. The van der Waals surface area contributed by atoms with Gasteiger partial charge in [0.2, 0.25) is 5.91 Å². The van der Waals surface area contributed by atoms with E-state index in [2.05, 4.69) is 13.0 Å². The summed E-state index contributed by atoms with van der Waals surface area (Å²) in [4.78, 5) is 27.4. The molecule has 4 heteroatoms. The van der Waals surface area contributed by atoms with Gasteiger partial charge in [-0.2, -0.15) is 0 Å². The van der Waals surface area contributed by atoms with Crippen LogP contribution in [0.2, 0.25) is 0 Å². The molecule has 1 aromatic carbocycles. The van der Waals surface area contributed by atoms with Crippen molar-refractivity contribution >= 4 is 11.7 Å². The van der Waals surface area contributed by atoms with Crippen LogP contribution in [-0.2, 0) is 16.0 Å². The summed E-state index contributed by atoms with van der Waals surface area (Å²) in [7, 11) is 0. The number of nitrogens with zero attached hydrogens (tertiary/aromatic N) is 1. The van der Waals surface area contributed by atoms with Crippen molar-refractivity contribution in [3.63, 3.8) is 0 Å². The molecule has 164 valence electrons. The molecule has 1 amide bonds. The van der Waals surface area contributed by atoms with Gasteiger partial charge in [-0.25, -0.2) is 4.39 Å². The number of amides is 1. The van der Waals surface area contributed by atoms with E-state index < -0.39 is 0 Å². The number of ketones is 1. The third-order valence-corrected chi connectivity index (χ3v) is 8.64. The number of Topliss-reactive ketones (excluding diaryl/α,β-unsaturated/α-hetero) is 1. The highest BCUT2D eigenvalue weighted by Crippen LogP contribution is 2.62. The molecule has 0 heterocycles. The molecule has 4 rings (SSSR count). The Morgan fingerprint density at radius 2 is 2.00 bits per heavy atom. The van der Waals surface area contributed by atoms with Gasteiger partial charge in [0, 0.05) is 31.3 Å². The lowest BCUT2D eigenvalue weighted by atomic mass is 9.54. The summed E-state index contributed by atoms with van der Waals surface area (Å²) in [6, 6.07) is 5.55. The van der Waals surface area contributed by atoms with Crippen LogP contribution in [0.5, 0.6) is 0 Å². The van der Waals surface area contributed by atoms with Crippen LogP contribution in [0.1, 0.15) is 82.8 Å². The lowest BCUT2D eigenvalue weighted by molar-refractivity contribution is -0.131. The molecule has 2 saturated carbocycles. The van der Waals surface area contributed by atoms with Crippen LogP contribution >= 0.6 is 0 Å².